The molecule has 0 saturated heterocycles. The molecule has 0 saturated carbocycles. The quantitative estimate of drug-likeness (QED) is 0.340. The lowest BCUT2D eigenvalue weighted by Gasteiger charge is -2.12. The maximum atomic E-state index is 12.3. The van der Waals surface area contributed by atoms with Crippen molar-refractivity contribution < 1.29 is 19.2 Å². The van der Waals surface area contributed by atoms with E-state index in [1.165, 1.54) is 30.5 Å². The van der Waals surface area contributed by atoms with Crippen molar-refractivity contribution in [2.45, 2.75) is 13.8 Å². The lowest BCUT2D eigenvalue weighted by molar-refractivity contribution is -0.384. The number of nitrogens with zero attached hydrogens (tertiary/aromatic N) is 2. The number of fused-ring (bicyclic) bond motifs is 1. The van der Waals surface area contributed by atoms with E-state index in [0.717, 1.165) is 10.8 Å². The number of nitrogens with one attached hydrogen (secondary N) is 1. The van der Waals surface area contributed by atoms with Crippen molar-refractivity contribution in [3.05, 3.63) is 75.8 Å². The van der Waals surface area contributed by atoms with E-state index in [1.807, 2.05) is 44.2 Å². The molecule has 1 amide bonds. The summed E-state index contributed by atoms with van der Waals surface area (Å²) in [6.45, 7) is 4.80. The summed E-state index contributed by atoms with van der Waals surface area (Å²) in [5.74, 6) is 0.782. The van der Waals surface area contributed by atoms with Gasteiger partial charge in [-0.05, 0) is 48.9 Å². The summed E-state index contributed by atoms with van der Waals surface area (Å²) in [5.41, 5.74) is 3.08. The molecule has 0 atom stereocenters. The van der Waals surface area contributed by atoms with Crippen molar-refractivity contribution in [1.82, 2.24) is 5.43 Å². The van der Waals surface area contributed by atoms with Crippen molar-refractivity contribution in [2.75, 3.05) is 13.2 Å². The molecule has 0 heterocycles. The second kappa shape index (κ2) is 9.51. The van der Waals surface area contributed by atoms with Gasteiger partial charge < -0.3 is 9.47 Å². The summed E-state index contributed by atoms with van der Waals surface area (Å²) in [7, 11) is 0. The number of hydrogen-bond donors (Lipinski definition) is 1. The Labute approximate surface area is 173 Å². The molecule has 0 spiro atoms. The van der Waals surface area contributed by atoms with E-state index in [2.05, 4.69) is 10.5 Å². The SMILES string of the molecule is CCOc1ccc2ccc(OCC)c(C=NNC(=O)c3cccc([N+](=O)[O-])c3)c2c1. The second-order valence-corrected chi connectivity index (χ2v) is 6.23. The minimum absolute atomic E-state index is 0.142. The van der Waals surface area contributed by atoms with Crippen LogP contribution in [0.4, 0.5) is 5.69 Å². The van der Waals surface area contributed by atoms with Gasteiger partial charge in [0.2, 0.25) is 0 Å². The molecule has 3 aromatic rings. The number of nitro groups is 1. The predicted octanol–water partition coefficient (Wildman–Crippen LogP) is 4.31. The predicted molar refractivity (Wildman–Crippen MR) is 114 cm³/mol. The van der Waals surface area contributed by atoms with E-state index in [-0.39, 0.29) is 11.3 Å². The summed E-state index contributed by atoms with van der Waals surface area (Å²) in [5, 5.41) is 16.8. The minimum atomic E-state index is -0.555. The highest BCUT2D eigenvalue weighted by atomic mass is 16.6. The van der Waals surface area contributed by atoms with Crippen molar-refractivity contribution >= 4 is 28.6 Å². The Morgan fingerprint density at radius 1 is 1.10 bits per heavy atom. The number of hydrogen-bond acceptors (Lipinski definition) is 6. The molecule has 0 unspecified atom stereocenters. The fraction of sp³-hybridized carbons (Fsp3) is 0.182. The lowest BCUT2D eigenvalue weighted by atomic mass is 10.0. The first kappa shape index (κ1) is 20.8. The van der Waals surface area contributed by atoms with E-state index < -0.39 is 10.8 Å². The van der Waals surface area contributed by atoms with E-state index in [1.54, 1.807) is 0 Å². The molecule has 8 nitrogen and oxygen atoms in total. The first-order chi connectivity index (χ1) is 14.5. The zero-order valence-corrected chi connectivity index (χ0v) is 16.6. The first-order valence-corrected chi connectivity index (χ1v) is 9.43. The second-order valence-electron chi connectivity index (χ2n) is 6.23. The van der Waals surface area contributed by atoms with Crippen LogP contribution >= 0.6 is 0 Å². The first-order valence-electron chi connectivity index (χ1n) is 9.43. The maximum Gasteiger partial charge on any atom is 0.271 e. The number of carbonyl (C=O) groups excluding carboxylic acids is 1. The molecule has 154 valence electrons. The molecule has 30 heavy (non-hydrogen) atoms. The standard InChI is InChI=1S/C22H21N3O5/c1-3-29-18-10-8-15-9-11-21(30-4-2)20(19(15)13-18)14-23-24-22(26)16-6-5-7-17(12-16)25(27)28/h5-14H,3-4H2,1-2H3,(H,24,26). The van der Waals surface area contributed by atoms with Crippen LogP contribution < -0.4 is 14.9 Å². The zero-order chi connectivity index (χ0) is 21.5. The molecule has 0 radical (unpaired) electrons. The topological polar surface area (TPSA) is 103 Å². The fourth-order valence-electron chi connectivity index (χ4n) is 2.95. The number of carbonyl (C=O) groups is 1. The molecule has 1 N–H and O–H groups in total. The third-order valence-electron chi connectivity index (χ3n) is 4.28. The largest absolute Gasteiger partial charge is 0.494 e. The summed E-state index contributed by atoms with van der Waals surface area (Å²) in [6, 6.07) is 14.9. The van der Waals surface area contributed by atoms with Gasteiger partial charge in [-0.1, -0.05) is 18.2 Å². The van der Waals surface area contributed by atoms with Gasteiger partial charge in [-0.2, -0.15) is 5.10 Å². The Morgan fingerprint density at radius 3 is 2.60 bits per heavy atom. The summed E-state index contributed by atoms with van der Waals surface area (Å²) in [4.78, 5) is 22.7. The highest BCUT2D eigenvalue weighted by Crippen LogP contribution is 2.30. The van der Waals surface area contributed by atoms with Gasteiger partial charge in [0.25, 0.3) is 11.6 Å². The van der Waals surface area contributed by atoms with Crippen LogP contribution in [0.3, 0.4) is 0 Å². The van der Waals surface area contributed by atoms with Gasteiger partial charge in [0.15, 0.2) is 0 Å². The number of nitro benzene ring substituents is 1. The Bertz CT molecular complexity index is 1110. The average Bonchev–Trinajstić information content (AvgIpc) is 2.75. The molecule has 0 aliphatic rings. The molecular weight excluding hydrogens is 386 g/mol. The van der Waals surface area contributed by atoms with Gasteiger partial charge in [0, 0.05) is 23.3 Å². The Balaban J connectivity index is 1.91. The van der Waals surface area contributed by atoms with Crippen LogP contribution in [0.25, 0.3) is 10.8 Å². The molecule has 0 aromatic heterocycles. The highest BCUT2D eigenvalue weighted by Gasteiger charge is 2.12. The number of non-ortho nitro benzene ring substituents is 1. The number of hydrazone groups is 1. The zero-order valence-electron chi connectivity index (χ0n) is 16.6. The molecule has 0 fully saturated rings. The number of benzene rings is 3. The Morgan fingerprint density at radius 2 is 1.87 bits per heavy atom. The van der Waals surface area contributed by atoms with Crippen LogP contribution in [0.1, 0.15) is 29.8 Å². The lowest BCUT2D eigenvalue weighted by Crippen LogP contribution is -2.17. The summed E-state index contributed by atoms with van der Waals surface area (Å²) >= 11 is 0. The monoisotopic (exact) mass is 407 g/mol. The van der Waals surface area contributed by atoms with Gasteiger partial charge in [0.05, 0.1) is 24.4 Å². The Kier molecular flexibility index (Phi) is 6.59. The van der Waals surface area contributed by atoms with Gasteiger partial charge in [-0.15, -0.1) is 0 Å². The van der Waals surface area contributed by atoms with Crippen LogP contribution in [-0.2, 0) is 0 Å². The molecule has 8 heteroatoms. The fourth-order valence-corrected chi connectivity index (χ4v) is 2.95. The van der Waals surface area contributed by atoms with Gasteiger partial charge in [0.1, 0.15) is 11.5 Å². The van der Waals surface area contributed by atoms with E-state index in [4.69, 9.17) is 9.47 Å². The van der Waals surface area contributed by atoms with Crippen molar-refractivity contribution in [3.8, 4) is 11.5 Å². The van der Waals surface area contributed by atoms with Crippen LogP contribution in [0.2, 0.25) is 0 Å². The summed E-state index contributed by atoms with van der Waals surface area (Å²) in [6.07, 6.45) is 1.50. The third kappa shape index (κ3) is 4.72. The minimum Gasteiger partial charge on any atom is -0.494 e. The van der Waals surface area contributed by atoms with E-state index in [0.29, 0.717) is 30.3 Å². The van der Waals surface area contributed by atoms with Crippen molar-refractivity contribution in [1.29, 1.82) is 0 Å². The number of ether oxygens (including phenoxy) is 2. The molecule has 3 rings (SSSR count). The smallest absolute Gasteiger partial charge is 0.271 e. The van der Waals surface area contributed by atoms with Crippen LogP contribution in [-0.4, -0.2) is 30.3 Å². The Hall–Kier alpha value is -3.94. The van der Waals surface area contributed by atoms with Gasteiger partial charge >= 0.3 is 0 Å². The van der Waals surface area contributed by atoms with Crippen molar-refractivity contribution in [2.24, 2.45) is 5.10 Å². The highest BCUT2D eigenvalue weighted by molar-refractivity contribution is 6.03. The summed E-state index contributed by atoms with van der Waals surface area (Å²) < 4.78 is 11.3. The van der Waals surface area contributed by atoms with Crippen LogP contribution in [0, 0.1) is 10.1 Å². The van der Waals surface area contributed by atoms with Crippen LogP contribution in [0.5, 0.6) is 11.5 Å². The average molecular weight is 407 g/mol. The van der Waals surface area contributed by atoms with Gasteiger partial charge in [-0.25, -0.2) is 5.43 Å². The molecule has 3 aromatic carbocycles. The third-order valence-corrected chi connectivity index (χ3v) is 4.28. The molecule has 0 aliphatic heterocycles. The normalized spacial score (nSPS) is 10.9. The molecule has 0 aliphatic carbocycles. The van der Waals surface area contributed by atoms with E-state index >= 15 is 0 Å². The van der Waals surface area contributed by atoms with E-state index in [9.17, 15) is 14.9 Å². The maximum absolute atomic E-state index is 12.3. The number of amides is 1. The molecular formula is C22H21N3O5. The molecule has 0 bridgehead atoms. The van der Waals surface area contributed by atoms with Gasteiger partial charge in [-0.3, -0.25) is 14.9 Å². The van der Waals surface area contributed by atoms with Crippen molar-refractivity contribution in [3.63, 3.8) is 0 Å². The number of rotatable bonds is 8. The van der Waals surface area contributed by atoms with Crippen LogP contribution in [0.15, 0.2) is 59.7 Å².